The normalized spacial score (nSPS) is 20.5. The van der Waals surface area contributed by atoms with Gasteiger partial charge in [0.1, 0.15) is 5.84 Å². The van der Waals surface area contributed by atoms with Crippen molar-refractivity contribution >= 4 is 27.7 Å². The highest BCUT2D eigenvalue weighted by Crippen LogP contribution is 2.17. The summed E-state index contributed by atoms with van der Waals surface area (Å²) in [5.74, 6) is -1.78. The Morgan fingerprint density at radius 1 is 1.45 bits per heavy atom. The Bertz CT molecular complexity index is 692. The number of likely N-dealkylation sites (N-methyl/N-ethyl adjacent to an activating group) is 1. The molecule has 22 heavy (non-hydrogen) atoms. The highest BCUT2D eigenvalue weighted by Gasteiger charge is 2.26. The lowest BCUT2D eigenvalue weighted by Crippen LogP contribution is -2.39. The predicted molar refractivity (Wildman–Crippen MR) is 79.6 cm³/mol. The molecule has 9 heteroatoms. The Balaban J connectivity index is 2.12. The lowest BCUT2D eigenvalue weighted by molar-refractivity contribution is -0.142. The molecule has 0 spiro atoms. The van der Waals surface area contributed by atoms with Crippen LogP contribution in [0.3, 0.4) is 0 Å². The Morgan fingerprint density at radius 2 is 2.14 bits per heavy atom. The zero-order valence-corrected chi connectivity index (χ0v) is 13.1. The van der Waals surface area contributed by atoms with Gasteiger partial charge in [-0.2, -0.15) is 0 Å². The Kier molecular flexibility index (Phi) is 4.36. The summed E-state index contributed by atoms with van der Waals surface area (Å²) in [5, 5.41) is 8.88. The van der Waals surface area contributed by atoms with Crippen LogP contribution in [0.2, 0.25) is 0 Å². The molecule has 120 valence electrons. The van der Waals surface area contributed by atoms with E-state index in [1.807, 2.05) is 0 Å². The van der Waals surface area contributed by atoms with Crippen LogP contribution in [0.1, 0.15) is 6.92 Å². The minimum atomic E-state index is -3.43. The fraction of sp³-hybridized carbons (Fsp3) is 0.462. The van der Waals surface area contributed by atoms with Gasteiger partial charge in [0.25, 0.3) is 15.9 Å². The van der Waals surface area contributed by atoms with Crippen molar-refractivity contribution in [1.82, 2.24) is 9.80 Å². The van der Waals surface area contributed by atoms with E-state index in [2.05, 4.69) is 4.40 Å². The number of aliphatic carboxylic acids is 1. The molecule has 1 atom stereocenters. The maximum absolute atomic E-state index is 12.3. The monoisotopic (exact) mass is 327 g/mol. The van der Waals surface area contributed by atoms with Gasteiger partial charge in [-0.15, -0.1) is 4.40 Å². The van der Waals surface area contributed by atoms with E-state index in [1.54, 1.807) is 4.90 Å². The van der Waals surface area contributed by atoms with Gasteiger partial charge in [0, 0.05) is 26.3 Å². The molecular formula is C13H17N3O5S. The molecule has 0 saturated heterocycles. The van der Waals surface area contributed by atoms with Gasteiger partial charge in [0.2, 0.25) is 0 Å². The van der Waals surface area contributed by atoms with Gasteiger partial charge in [-0.25, -0.2) is 8.42 Å². The van der Waals surface area contributed by atoms with Crippen LogP contribution in [0.5, 0.6) is 0 Å². The summed E-state index contributed by atoms with van der Waals surface area (Å²) in [4.78, 5) is 26.1. The van der Waals surface area contributed by atoms with E-state index < -0.39 is 21.9 Å². The van der Waals surface area contributed by atoms with Crippen molar-refractivity contribution in [2.75, 3.05) is 25.9 Å². The summed E-state index contributed by atoms with van der Waals surface area (Å²) >= 11 is 0. The van der Waals surface area contributed by atoms with Crippen molar-refractivity contribution in [3.63, 3.8) is 0 Å². The van der Waals surface area contributed by atoms with E-state index in [4.69, 9.17) is 5.11 Å². The van der Waals surface area contributed by atoms with Gasteiger partial charge in [-0.1, -0.05) is 6.92 Å². The largest absolute Gasteiger partial charge is 0.481 e. The smallest absolute Gasteiger partial charge is 0.308 e. The van der Waals surface area contributed by atoms with Crippen molar-refractivity contribution < 1.29 is 23.1 Å². The first-order chi connectivity index (χ1) is 10.2. The molecule has 1 N–H and O–H groups in total. The minimum absolute atomic E-state index is 0.0919. The number of rotatable bonds is 4. The first kappa shape index (κ1) is 16.2. The van der Waals surface area contributed by atoms with Crippen LogP contribution in [-0.4, -0.2) is 66.9 Å². The van der Waals surface area contributed by atoms with E-state index in [9.17, 15) is 18.0 Å². The van der Waals surface area contributed by atoms with Crippen LogP contribution in [0.15, 0.2) is 28.3 Å². The summed E-state index contributed by atoms with van der Waals surface area (Å²) in [5.41, 5.74) is 0.360. The molecule has 1 unspecified atom stereocenters. The average Bonchev–Trinajstić information content (AvgIpc) is 2.44. The summed E-state index contributed by atoms with van der Waals surface area (Å²) in [6.45, 7) is 1.85. The summed E-state index contributed by atoms with van der Waals surface area (Å²) in [7, 11) is -1.90. The van der Waals surface area contributed by atoms with Crippen molar-refractivity contribution in [2.45, 2.75) is 6.92 Å². The van der Waals surface area contributed by atoms with E-state index in [0.29, 0.717) is 5.57 Å². The second kappa shape index (κ2) is 5.91. The third-order valence-electron chi connectivity index (χ3n) is 3.39. The number of carboxylic acid groups (broad SMARTS) is 1. The van der Waals surface area contributed by atoms with Gasteiger partial charge in [0.15, 0.2) is 0 Å². The van der Waals surface area contributed by atoms with E-state index in [1.165, 1.54) is 37.2 Å². The third-order valence-corrected chi connectivity index (χ3v) is 4.55. The second-order valence-corrected chi connectivity index (χ2v) is 7.03. The Labute approximate surface area is 128 Å². The quantitative estimate of drug-likeness (QED) is 0.757. The number of carbonyl (C=O) groups excluding carboxylic acids is 1. The second-order valence-electron chi connectivity index (χ2n) is 5.27. The zero-order chi connectivity index (χ0) is 16.5. The fourth-order valence-electron chi connectivity index (χ4n) is 2.12. The SMILES string of the molecule is CC(CN(C)C(=O)C1=CN2CCS(=O)(=O)N=C2C=C1)C(=O)O. The molecule has 0 aromatic carbocycles. The van der Waals surface area contributed by atoms with Gasteiger partial charge < -0.3 is 14.9 Å². The minimum Gasteiger partial charge on any atom is -0.481 e. The Morgan fingerprint density at radius 3 is 2.77 bits per heavy atom. The predicted octanol–water partition coefficient (Wildman–Crippen LogP) is -0.337. The maximum Gasteiger partial charge on any atom is 0.308 e. The standard InChI is InChI=1S/C13H17N3O5S/c1-9(13(18)19)7-15(2)12(17)10-3-4-11-14-22(20,21)6-5-16(11)8-10/h3-4,8-9H,5-7H2,1-2H3,(H,18,19). The molecule has 0 aromatic rings. The van der Waals surface area contributed by atoms with Crippen LogP contribution in [0.4, 0.5) is 0 Å². The van der Waals surface area contributed by atoms with Crippen LogP contribution in [0.25, 0.3) is 0 Å². The molecular weight excluding hydrogens is 310 g/mol. The molecule has 0 fully saturated rings. The number of fused-ring (bicyclic) bond motifs is 1. The molecule has 1 amide bonds. The average molecular weight is 327 g/mol. The van der Waals surface area contributed by atoms with Crippen molar-refractivity contribution in [3.8, 4) is 0 Å². The van der Waals surface area contributed by atoms with Crippen molar-refractivity contribution in [2.24, 2.45) is 10.3 Å². The molecule has 0 radical (unpaired) electrons. The maximum atomic E-state index is 12.3. The molecule has 8 nitrogen and oxygen atoms in total. The fourth-order valence-corrected chi connectivity index (χ4v) is 3.09. The number of carboxylic acids is 1. The van der Waals surface area contributed by atoms with Crippen LogP contribution in [0, 0.1) is 5.92 Å². The molecule has 2 heterocycles. The number of hydrogen-bond acceptors (Lipinski definition) is 5. The lowest BCUT2D eigenvalue weighted by Gasteiger charge is -2.28. The highest BCUT2D eigenvalue weighted by molar-refractivity contribution is 7.90. The summed E-state index contributed by atoms with van der Waals surface area (Å²) < 4.78 is 26.5. The lowest BCUT2D eigenvalue weighted by atomic mass is 10.1. The number of amidine groups is 1. The molecule has 0 bridgehead atoms. The Hall–Kier alpha value is -2.16. The van der Waals surface area contributed by atoms with E-state index in [-0.39, 0.29) is 30.6 Å². The summed E-state index contributed by atoms with van der Waals surface area (Å²) in [6, 6.07) is 0. The van der Waals surface area contributed by atoms with Crippen LogP contribution < -0.4 is 0 Å². The molecule has 0 aromatic heterocycles. The number of nitrogens with zero attached hydrogens (tertiary/aromatic N) is 3. The zero-order valence-electron chi connectivity index (χ0n) is 12.3. The van der Waals surface area contributed by atoms with Crippen molar-refractivity contribution in [1.29, 1.82) is 0 Å². The highest BCUT2D eigenvalue weighted by atomic mass is 32.2. The molecule has 0 saturated carbocycles. The number of sulfonamides is 1. The number of carbonyl (C=O) groups is 2. The number of amides is 1. The van der Waals surface area contributed by atoms with Gasteiger partial charge in [0.05, 0.1) is 17.2 Å². The summed E-state index contributed by atoms with van der Waals surface area (Å²) in [6.07, 6.45) is 4.50. The van der Waals surface area contributed by atoms with Crippen LogP contribution >= 0.6 is 0 Å². The number of hydrogen-bond donors (Lipinski definition) is 1. The molecule has 2 aliphatic rings. The molecule has 2 aliphatic heterocycles. The first-order valence-corrected chi connectivity index (χ1v) is 8.28. The van der Waals surface area contributed by atoms with Crippen molar-refractivity contribution in [3.05, 3.63) is 23.9 Å². The van der Waals surface area contributed by atoms with Gasteiger partial charge in [-0.3, -0.25) is 9.59 Å². The van der Waals surface area contributed by atoms with E-state index >= 15 is 0 Å². The first-order valence-electron chi connectivity index (χ1n) is 6.67. The molecule has 2 rings (SSSR count). The van der Waals surface area contributed by atoms with Crippen LogP contribution in [-0.2, 0) is 19.6 Å². The molecule has 0 aliphatic carbocycles. The third kappa shape index (κ3) is 3.53. The van der Waals surface area contributed by atoms with E-state index in [0.717, 1.165) is 0 Å². The topological polar surface area (TPSA) is 107 Å². The van der Waals surface area contributed by atoms with Gasteiger partial charge >= 0.3 is 5.97 Å². The van der Waals surface area contributed by atoms with Gasteiger partial charge in [-0.05, 0) is 12.2 Å².